The van der Waals surface area contributed by atoms with Gasteiger partial charge in [-0.15, -0.1) is 0 Å². The van der Waals surface area contributed by atoms with Crippen molar-refractivity contribution in [3.8, 4) is 0 Å². The standard InChI is InChI=1S/C18H19ClN2O2/c1-18(2,23)8-7-11-3-6-14-16(9-11)20-15-10-12(19)4-5-13(15)17(22)21-14/h3-6,9-10,20,23H,7-8H2,1-2H3,(H,21,22). The minimum Gasteiger partial charge on any atom is -0.390 e. The van der Waals surface area contributed by atoms with Gasteiger partial charge >= 0.3 is 0 Å². The second kappa shape index (κ2) is 5.87. The van der Waals surface area contributed by atoms with Crippen molar-refractivity contribution in [2.24, 2.45) is 0 Å². The van der Waals surface area contributed by atoms with Crippen molar-refractivity contribution in [1.82, 2.24) is 0 Å². The molecule has 3 rings (SSSR count). The van der Waals surface area contributed by atoms with Gasteiger partial charge in [0.25, 0.3) is 5.91 Å². The molecular formula is C18H19ClN2O2. The highest BCUT2D eigenvalue weighted by Crippen LogP contribution is 2.34. The Hall–Kier alpha value is -2.04. The van der Waals surface area contributed by atoms with Crippen LogP contribution >= 0.6 is 11.6 Å². The van der Waals surface area contributed by atoms with Crippen molar-refractivity contribution >= 4 is 34.6 Å². The number of hydrogen-bond donors (Lipinski definition) is 3. The van der Waals surface area contributed by atoms with Crippen molar-refractivity contribution < 1.29 is 9.90 Å². The SMILES string of the molecule is CC(C)(O)CCc1ccc2c(c1)Nc1cc(Cl)ccc1C(=O)N2. The number of anilines is 3. The molecule has 5 heteroatoms. The molecule has 1 aliphatic rings. The van der Waals surface area contributed by atoms with Crippen LogP contribution in [0.4, 0.5) is 17.1 Å². The lowest BCUT2D eigenvalue weighted by molar-refractivity contribution is 0.0714. The van der Waals surface area contributed by atoms with Crippen molar-refractivity contribution in [3.05, 3.63) is 52.5 Å². The van der Waals surface area contributed by atoms with Gasteiger partial charge in [-0.3, -0.25) is 4.79 Å². The average molecular weight is 331 g/mol. The van der Waals surface area contributed by atoms with Gasteiger partial charge < -0.3 is 15.7 Å². The van der Waals surface area contributed by atoms with E-state index in [-0.39, 0.29) is 5.91 Å². The van der Waals surface area contributed by atoms with Crippen LogP contribution in [0.5, 0.6) is 0 Å². The Balaban J connectivity index is 1.93. The summed E-state index contributed by atoms with van der Waals surface area (Å²) in [7, 11) is 0. The van der Waals surface area contributed by atoms with Crippen molar-refractivity contribution in [2.75, 3.05) is 10.6 Å². The molecule has 1 aliphatic heterocycles. The zero-order chi connectivity index (χ0) is 16.6. The summed E-state index contributed by atoms with van der Waals surface area (Å²) in [6.07, 6.45) is 1.43. The van der Waals surface area contributed by atoms with Crippen LogP contribution in [0.25, 0.3) is 0 Å². The summed E-state index contributed by atoms with van der Waals surface area (Å²) < 4.78 is 0. The molecule has 1 heterocycles. The predicted octanol–water partition coefficient (Wildman–Crippen LogP) is 4.35. The maximum Gasteiger partial charge on any atom is 0.257 e. The monoisotopic (exact) mass is 330 g/mol. The molecule has 0 saturated carbocycles. The van der Waals surface area contributed by atoms with E-state index in [1.165, 1.54) is 0 Å². The van der Waals surface area contributed by atoms with Crippen molar-refractivity contribution in [1.29, 1.82) is 0 Å². The quantitative estimate of drug-likeness (QED) is 0.784. The number of carbonyl (C=O) groups is 1. The molecule has 2 aromatic rings. The van der Waals surface area contributed by atoms with Crippen LogP contribution in [-0.4, -0.2) is 16.6 Å². The molecule has 120 valence electrons. The predicted molar refractivity (Wildman–Crippen MR) is 93.7 cm³/mol. The van der Waals surface area contributed by atoms with Gasteiger partial charge in [-0.05, 0) is 62.6 Å². The number of halogens is 1. The summed E-state index contributed by atoms with van der Waals surface area (Å²) >= 11 is 6.04. The molecule has 0 bridgehead atoms. The molecule has 3 N–H and O–H groups in total. The van der Waals surface area contributed by atoms with Gasteiger partial charge in [0.15, 0.2) is 0 Å². The highest BCUT2D eigenvalue weighted by molar-refractivity contribution is 6.31. The van der Waals surface area contributed by atoms with E-state index in [2.05, 4.69) is 10.6 Å². The van der Waals surface area contributed by atoms with E-state index in [1.54, 1.807) is 32.0 Å². The molecule has 0 aromatic heterocycles. The van der Waals surface area contributed by atoms with Crippen LogP contribution < -0.4 is 10.6 Å². The topological polar surface area (TPSA) is 61.4 Å². The number of benzene rings is 2. The molecule has 0 saturated heterocycles. The van der Waals surface area contributed by atoms with E-state index in [0.717, 1.165) is 23.4 Å². The van der Waals surface area contributed by atoms with E-state index in [0.29, 0.717) is 22.7 Å². The second-order valence-electron chi connectivity index (χ2n) is 6.46. The molecule has 4 nitrogen and oxygen atoms in total. The van der Waals surface area contributed by atoms with Gasteiger partial charge in [0.2, 0.25) is 0 Å². The third-order valence-electron chi connectivity index (χ3n) is 3.85. The maximum absolute atomic E-state index is 12.3. The van der Waals surface area contributed by atoms with Crippen LogP contribution in [0.1, 0.15) is 36.2 Å². The third-order valence-corrected chi connectivity index (χ3v) is 4.09. The van der Waals surface area contributed by atoms with E-state index >= 15 is 0 Å². The first-order valence-corrected chi connectivity index (χ1v) is 7.93. The molecule has 0 radical (unpaired) electrons. The molecule has 0 fully saturated rings. The Morgan fingerprint density at radius 2 is 1.83 bits per heavy atom. The summed E-state index contributed by atoms with van der Waals surface area (Å²) in [6, 6.07) is 11.0. The lowest BCUT2D eigenvalue weighted by Crippen LogP contribution is -2.19. The fraction of sp³-hybridized carbons (Fsp3) is 0.278. The Bertz CT molecular complexity index is 766. The largest absolute Gasteiger partial charge is 0.390 e. The first-order chi connectivity index (χ1) is 10.8. The molecule has 0 atom stereocenters. The minimum absolute atomic E-state index is 0.160. The van der Waals surface area contributed by atoms with Gasteiger partial charge in [0.1, 0.15) is 0 Å². The molecule has 0 spiro atoms. The highest BCUT2D eigenvalue weighted by atomic mass is 35.5. The van der Waals surface area contributed by atoms with Crippen molar-refractivity contribution in [2.45, 2.75) is 32.3 Å². The molecule has 23 heavy (non-hydrogen) atoms. The summed E-state index contributed by atoms with van der Waals surface area (Å²) in [5.74, 6) is -0.160. The number of carbonyl (C=O) groups excluding carboxylic acids is 1. The number of aliphatic hydroxyl groups is 1. The first kappa shape index (κ1) is 15.8. The fourth-order valence-electron chi connectivity index (χ4n) is 2.56. The second-order valence-corrected chi connectivity index (χ2v) is 6.90. The van der Waals surface area contributed by atoms with Crippen LogP contribution in [0.15, 0.2) is 36.4 Å². The fourth-order valence-corrected chi connectivity index (χ4v) is 2.73. The number of rotatable bonds is 3. The molecule has 1 amide bonds. The lowest BCUT2D eigenvalue weighted by Gasteiger charge is -2.17. The number of fused-ring (bicyclic) bond motifs is 2. The average Bonchev–Trinajstić information content (AvgIpc) is 2.59. The molecular weight excluding hydrogens is 312 g/mol. The summed E-state index contributed by atoms with van der Waals surface area (Å²) in [6.45, 7) is 3.60. The Kier molecular flexibility index (Phi) is 4.04. The third kappa shape index (κ3) is 3.66. The van der Waals surface area contributed by atoms with Gasteiger partial charge in [0.05, 0.1) is 28.2 Å². The van der Waals surface area contributed by atoms with Gasteiger partial charge in [-0.2, -0.15) is 0 Å². The Morgan fingerprint density at radius 3 is 2.57 bits per heavy atom. The lowest BCUT2D eigenvalue weighted by atomic mass is 9.98. The number of hydrogen-bond acceptors (Lipinski definition) is 3. The molecule has 0 aliphatic carbocycles. The first-order valence-electron chi connectivity index (χ1n) is 7.55. The summed E-state index contributed by atoms with van der Waals surface area (Å²) in [5, 5.41) is 16.6. The summed E-state index contributed by atoms with van der Waals surface area (Å²) in [5.41, 5.74) is 3.20. The van der Waals surface area contributed by atoms with Crippen LogP contribution in [-0.2, 0) is 6.42 Å². The Labute approximate surface area is 140 Å². The number of nitrogens with one attached hydrogen (secondary N) is 2. The van der Waals surface area contributed by atoms with Gasteiger partial charge in [-0.25, -0.2) is 0 Å². The smallest absolute Gasteiger partial charge is 0.257 e. The van der Waals surface area contributed by atoms with E-state index in [1.807, 2.05) is 18.2 Å². The van der Waals surface area contributed by atoms with E-state index in [4.69, 9.17) is 11.6 Å². The zero-order valence-corrected chi connectivity index (χ0v) is 13.9. The normalized spacial score (nSPS) is 13.5. The van der Waals surface area contributed by atoms with Gasteiger partial charge in [0, 0.05) is 5.02 Å². The molecule has 2 aromatic carbocycles. The van der Waals surface area contributed by atoms with E-state index < -0.39 is 5.60 Å². The van der Waals surface area contributed by atoms with E-state index in [9.17, 15) is 9.90 Å². The van der Waals surface area contributed by atoms with Crippen LogP contribution in [0.3, 0.4) is 0 Å². The summed E-state index contributed by atoms with van der Waals surface area (Å²) in [4.78, 5) is 12.3. The minimum atomic E-state index is -0.700. The number of amides is 1. The highest BCUT2D eigenvalue weighted by Gasteiger charge is 2.20. The van der Waals surface area contributed by atoms with Gasteiger partial charge in [-0.1, -0.05) is 17.7 Å². The zero-order valence-electron chi connectivity index (χ0n) is 13.1. The molecule has 0 unspecified atom stereocenters. The van der Waals surface area contributed by atoms with Crippen LogP contribution in [0, 0.1) is 0 Å². The maximum atomic E-state index is 12.3. The van der Waals surface area contributed by atoms with Crippen LogP contribution in [0.2, 0.25) is 5.02 Å². The van der Waals surface area contributed by atoms with Crippen molar-refractivity contribution in [3.63, 3.8) is 0 Å². The number of aryl methyl sites for hydroxylation is 1. The Morgan fingerprint density at radius 1 is 1.04 bits per heavy atom.